The maximum Gasteiger partial charge on any atom is 0.242 e. The van der Waals surface area contributed by atoms with Gasteiger partial charge in [-0.3, -0.25) is 0 Å². The number of rotatable bonds is 5. The van der Waals surface area contributed by atoms with E-state index in [4.69, 9.17) is 10.5 Å². The highest BCUT2D eigenvalue weighted by Gasteiger charge is 2.28. The molecular formula is C17H20N4O3S. The van der Waals surface area contributed by atoms with Gasteiger partial charge in [0, 0.05) is 0 Å². The smallest absolute Gasteiger partial charge is 0.242 e. The molecule has 0 fully saturated rings. The third kappa shape index (κ3) is 3.05. The summed E-state index contributed by atoms with van der Waals surface area (Å²) in [4.78, 5) is 11.6. The molecule has 0 radical (unpaired) electrons. The number of aromatic nitrogens is 3. The topological polar surface area (TPSA) is 111 Å². The Kier molecular flexibility index (Phi) is 4.38. The number of hydrogen-bond donors (Lipinski definition) is 2. The van der Waals surface area contributed by atoms with E-state index >= 15 is 0 Å². The van der Waals surface area contributed by atoms with Crippen LogP contribution in [0, 0.1) is 6.92 Å². The third-order valence-corrected chi connectivity index (χ3v) is 5.76. The largest absolute Gasteiger partial charge is 0.473 e. The number of nitrogens with two attached hydrogens (primary N) is 1. The lowest BCUT2D eigenvalue weighted by molar-refractivity contribution is 0.210. The fourth-order valence-corrected chi connectivity index (χ4v) is 3.99. The second-order valence-electron chi connectivity index (χ2n) is 5.82. The van der Waals surface area contributed by atoms with Gasteiger partial charge in [0.1, 0.15) is 27.6 Å². The van der Waals surface area contributed by atoms with Gasteiger partial charge in [-0.1, -0.05) is 25.1 Å². The summed E-state index contributed by atoms with van der Waals surface area (Å²) >= 11 is 0. The minimum absolute atomic E-state index is 0.0211. The van der Waals surface area contributed by atoms with Crippen LogP contribution in [0.25, 0.3) is 11.0 Å². The van der Waals surface area contributed by atoms with Gasteiger partial charge >= 0.3 is 0 Å². The predicted molar refractivity (Wildman–Crippen MR) is 95.3 cm³/mol. The monoisotopic (exact) mass is 360 g/mol. The molecule has 8 heteroatoms. The van der Waals surface area contributed by atoms with Crippen molar-refractivity contribution in [1.29, 1.82) is 0 Å². The van der Waals surface area contributed by atoms with Crippen molar-refractivity contribution in [3.05, 3.63) is 36.2 Å². The Hall–Kier alpha value is -2.61. The number of anilines is 1. The van der Waals surface area contributed by atoms with Gasteiger partial charge in [0.05, 0.1) is 11.0 Å². The van der Waals surface area contributed by atoms with E-state index in [0.29, 0.717) is 17.2 Å². The van der Waals surface area contributed by atoms with Crippen molar-refractivity contribution in [3.63, 3.8) is 0 Å². The fraction of sp³-hybridized carbons (Fsp3) is 0.294. The number of fused-ring (bicyclic) bond motifs is 1. The first-order valence-electron chi connectivity index (χ1n) is 7.97. The lowest BCUT2D eigenvalue weighted by Gasteiger charge is -2.12. The number of nitrogens with zero attached hydrogens (tertiary/aromatic N) is 2. The van der Waals surface area contributed by atoms with E-state index < -0.39 is 9.84 Å². The molecule has 0 saturated heterocycles. The first-order valence-corrected chi connectivity index (χ1v) is 9.45. The van der Waals surface area contributed by atoms with E-state index in [-0.39, 0.29) is 27.2 Å². The Morgan fingerprint density at radius 2 is 1.92 bits per heavy atom. The van der Waals surface area contributed by atoms with E-state index in [1.807, 2.05) is 13.8 Å². The number of ether oxygens (including phenoxy) is 1. The molecule has 0 aliphatic carbocycles. The van der Waals surface area contributed by atoms with Crippen LogP contribution >= 0.6 is 0 Å². The van der Waals surface area contributed by atoms with E-state index in [9.17, 15) is 8.42 Å². The molecule has 132 valence electrons. The van der Waals surface area contributed by atoms with Gasteiger partial charge in [-0.05, 0) is 32.4 Å². The predicted octanol–water partition coefficient (Wildman–Crippen LogP) is 2.86. The van der Waals surface area contributed by atoms with E-state index in [0.717, 1.165) is 6.42 Å². The van der Waals surface area contributed by atoms with Gasteiger partial charge in [0.25, 0.3) is 0 Å². The number of H-pyrrole nitrogens is 1. The minimum atomic E-state index is -3.82. The first-order chi connectivity index (χ1) is 11.8. The van der Waals surface area contributed by atoms with Crippen LogP contribution in [-0.2, 0) is 9.84 Å². The van der Waals surface area contributed by atoms with Crippen molar-refractivity contribution in [1.82, 2.24) is 15.0 Å². The zero-order valence-corrected chi connectivity index (χ0v) is 15.1. The number of benzene rings is 1. The standard InChI is InChI=1S/C17H20N4O3S/c1-4-10(2)24-17-14-13(19-11(3)20-17)15(16(18)21-14)25(22,23)12-8-6-5-7-9-12/h5-10,21H,4,18H2,1-3H3/t10-/m0/s1. The summed E-state index contributed by atoms with van der Waals surface area (Å²) in [5.41, 5.74) is 6.63. The number of nitrogen functional groups attached to an aromatic ring is 1. The summed E-state index contributed by atoms with van der Waals surface area (Å²) in [6, 6.07) is 8.13. The normalized spacial score (nSPS) is 13.1. The highest BCUT2D eigenvalue weighted by atomic mass is 32.2. The van der Waals surface area contributed by atoms with Crippen molar-refractivity contribution in [2.45, 2.75) is 43.1 Å². The van der Waals surface area contributed by atoms with Crippen LogP contribution in [0.15, 0.2) is 40.1 Å². The highest BCUT2D eigenvalue weighted by Crippen LogP contribution is 2.35. The summed E-state index contributed by atoms with van der Waals surface area (Å²) < 4.78 is 31.9. The van der Waals surface area contributed by atoms with Gasteiger partial charge in [-0.2, -0.15) is 4.98 Å². The van der Waals surface area contributed by atoms with Crippen molar-refractivity contribution < 1.29 is 13.2 Å². The third-order valence-electron chi connectivity index (χ3n) is 3.92. The average molecular weight is 360 g/mol. The number of aryl methyl sites for hydroxylation is 1. The van der Waals surface area contributed by atoms with Crippen LogP contribution in [0.3, 0.4) is 0 Å². The van der Waals surface area contributed by atoms with E-state index in [2.05, 4.69) is 15.0 Å². The van der Waals surface area contributed by atoms with E-state index in [1.54, 1.807) is 25.1 Å². The molecule has 0 aliphatic rings. The molecule has 7 nitrogen and oxygen atoms in total. The van der Waals surface area contributed by atoms with Gasteiger partial charge < -0.3 is 15.5 Å². The van der Waals surface area contributed by atoms with Crippen LogP contribution in [-0.4, -0.2) is 29.5 Å². The lowest BCUT2D eigenvalue weighted by atomic mass is 10.3. The van der Waals surface area contributed by atoms with Crippen LogP contribution < -0.4 is 10.5 Å². The average Bonchev–Trinajstić information content (AvgIpc) is 2.92. The Morgan fingerprint density at radius 3 is 2.56 bits per heavy atom. The molecule has 0 aliphatic heterocycles. The molecule has 3 rings (SSSR count). The molecule has 2 heterocycles. The molecular weight excluding hydrogens is 340 g/mol. The Bertz CT molecular complexity index is 1010. The summed E-state index contributed by atoms with van der Waals surface area (Å²) in [5, 5.41) is 0. The fourth-order valence-electron chi connectivity index (χ4n) is 2.49. The Labute approximate surface area is 146 Å². The van der Waals surface area contributed by atoms with Crippen molar-refractivity contribution >= 4 is 26.7 Å². The molecule has 2 aromatic heterocycles. The number of sulfone groups is 1. The van der Waals surface area contributed by atoms with Crippen LogP contribution in [0.1, 0.15) is 26.1 Å². The van der Waals surface area contributed by atoms with Crippen molar-refractivity contribution in [2.24, 2.45) is 0 Å². The molecule has 0 spiro atoms. The molecule has 1 atom stereocenters. The summed E-state index contributed by atoms with van der Waals surface area (Å²) in [6.45, 7) is 5.59. The van der Waals surface area contributed by atoms with Crippen molar-refractivity contribution in [3.8, 4) is 5.88 Å². The molecule has 0 bridgehead atoms. The molecule has 0 amide bonds. The summed E-state index contributed by atoms with van der Waals surface area (Å²) in [5.74, 6) is 0.736. The van der Waals surface area contributed by atoms with Crippen LogP contribution in [0.2, 0.25) is 0 Å². The molecule has 3 N–H and O–H groups in total. The molecule has 0 saturated carbocycles. The quantitative estimate of drug-likeness (QED) is 0.724. The molecule has 25 heavy (non-hydrogen) atoms. The zero-order chi connectivity index (χ0) is 18.2. The number of nitrogens with one attached hydrogen (secondary N) is 1. The summed E-state index contributed by atoms with van der Waals surface area (Å²) in [7, 11) is -3.82. The molecule has 0 unspecified atom stereocenters. The van der Waals surface area contributed by atoms with Crippen LogP contribution in [0.5, 0.6) is 5.88 Å². The van der Waals surface area contributed by atoms with E-state index in [1.165, 1.54) is 12.1 Å². The number of hydrogen-bond acceptors (Lipinski definition) is 6. The highest BCUT2D eigenvalue weighted by molar-refractivity contribution is 7.92. The van der Waals surface area contributed by atoms with Crippen LogP contribution in [0.4, 0.5) is 5.82 Å². The lowest BCUT2D eigenvalue weighted by Crippen LogP contribution is -2.12. The van der Waals surface area contributed by atoms with Gasteiger partial charge in [0.2, 0.25) is 15.7 Å². The Morgan fingerprint density at radius 1 is 1.24 bits per heavy atom. The van der Waals surface area contributed by atoms with Gasteiger partial charge in [0.15, 0.2) is 0 Å². The van der Waals surface area contributed by atoms with Gasteiger partial charge in [-0.25, -0.2) is 13.4 Å². The van der Waals surface area contributed by atoms with Crippen molar-refractivity contribution in [2.75, 3.05) is 5.73 Å². The zero-order valence-electron chi connectivity index (χ0n) is 14.3. The minimum Gasteiger partial charge on any atom is -0.473 e. The number of aromatic amines is 1. The Balaban J connectivity index is 2.26. The first kappa shape index (κ1) is 17.2. The maximum absolute atomic E-state index is 13.0. The van der Waals surface area contributed by atoms with Gasteiger partial charge in [-0.15, -0.1) is 0 Å². The summed E-state index contributed by atoms with van der Waals surface area (Å²) in [6.07, 6.45) is 0.715. The SMILES string of the molecule is CC[C@H](C)Oc1nc(C)nc2c(S(=O)(=O)c3ccccc3)c(N)[nH]c12. The molecule has 1 aromatic carbocycles. The molecule has 3 aromatic rings. The second-order valence-corrected chi connectivity index (χ2v) is 7.71. The maximum atomic E-state index is 13.0. The second kappa shape index (κ2) is 6.36.